The third-order valence-corrected chi connectivity index (χ3v) is 5.28. The highest BCUT2D eigenvalue weighted by molar-refractivity contribution is 7.21. The molecule has 0 saturated carbocycles. The number of nitrogens with one attached hydrogen (secondary N) is 1. The summed E-state index contributed by atoms with van der Waals surface area (Å²) in [6.07, 6.45) is 1.63. The Bertz CT molecular complexity index is 870. The van der Waals surface area contributed by atoms with E-state index in [1.54, 1.807) is 0 Å². The fourth-order valence-electron chi connectivity index (χ4n) is 2.50. The van der Waals surface area contributed by atoms with Crippen molar-refractivity contribution in [3.8, 4) is 0 Å². The number of anilines is 1. The van der Waals surface area contributed by atoms with E-state index in [2.05, 4.69) is 15.5 Å². The number of fused-ring (bicyclic) bond motifs is 1. The highest BCUT2D eigenvalue weighted by Gasteiger charge is 2.25. The zero-order chi connectivity index (χ0) is 15.8. The Kier molecular flexibility index (Phi) is 3.76. The van der Waals surface area contributed by atoms with E-state index in [0.717, 1.165) is 22.9 Å². The number of aromatic nitrogens is 2. The zero-order valence-corrected chi connectivity index (χ0v) is 13.5. The quantitative estimate of drug-likeness (QED) is 0.772. The van der Waals surface area contributed by atoms with Gasteiger partial charge in [-0.3, -0.25) is 10.1 Å². The van der Waals surface area contributed by atoms with E-state index in [-0.39, 0.29) is 18.0 Å². The van der Waals surface area contributed by atoms with Crippen molar-refractivity contribution in [3.63, 3.8) is 0 Å². The van der Waals surface area contributed by atoms with Crippen LogP contribution in [0.4, 0.5) is 6.01 Å². The molecule has 3 heterocycles. The molecule has 8 heteroatoms. The second-order valence-electron chi connectivity index (χ2n) is 5.14. The van der Waals surface area contributed by atoms with Gasteiger partial charge in [0.1, 0.15) is 11.0 Å². The van der Waals surface area contributed by atoms with Gasteiger partial charge < -0.3 is 9.15 Å². The number of nitrogens with zero attached hydrogens (tertiary/aromatic N) is 2. The normalized spacial score (nSPS) is 17.7. The van der Waals surface area contributed by atoms with Gasteiger partial charge in [-0.25, -0.2) is 0 Å². The van der Waals surface area contributed by atoms with E-state index >= 15 is 0 Å². The molecule has 1 fully saturated rings. The van der Waals surface area contributed by atoms with Gasteiger partial charge in [-0.05, 0) is 18.9 Å². The number of carbonyl (C=O) groups is 1. The Morgan fingerprint density at radius 1 is 1.35 bits per heavy atom. The number of thiophene rings is 1. The molecule has 0 radical (unpaired) electrons. The van der Waals surface area contributed by atoms with E-state index < -0.39 is 0 Å². The second-order valence-corrected chi connectivity index (χ2v) is 6.57. The van der Waals surface area contributed by atoms with Crippen molar-refractivity contribution < 1.29 is 13.9 Å². The molecular weight excluding hydrogens is 338 g/mol. The van der Waals surface area contributed by atoms with Crippen LogP contribution in [0.5, 0.6) is 0 Å². The van der Waals surface area contributed by atoms with Gasteiger partial charge in [0.15, 0.2) is 0 Å². The lowest BCUT2D eigenvalue weighted by Gasteiger charge is -2.02. The molecule has 1 aliphatic rings. The number of rotatable bonds is 3. The van der Waals surface area contributed by atoms with Gasteiger partial charge in [-0.1, -0.05) is 34.9 Å². The van der Waals surface area contributed by atoms with Crippen LogP contribution in [-0.2, 0) is 4.74 Å². The van der Waals surface area contributed by atoms with Gasteiger partial charge >= 0.3 is 6.01 Å². The van der Waals surface area contributed by atoms with Crippen molar-refractivity contribution in [1.82, 2.24) is 10.2 Å². The van der Waals surface area contributed by atoms with E-state index in [4.69, 9.17) is 20.8 Å². The molecule has 1 aliphatic heterocycles. The molecule has 1 saturated heterocycles. The molecule has 1 atom stereocenters. The Morgan fingerprint density at radius 2 is 2.22 bits per heavy atom. The summed E-state index contributed by atoms with van der Waals surface area (Å²) < 4.78 is 11.9. The highest BCUT2D eigenvalue weighted by atomic mass is 35.5. The minimum atomic E-state index is -0.362. The van der Waals surface area contributed by atoms with Crippen LogP contribution < -0.4 is 5.32 Å². The number of ether oxygens (including phenoxy) is 1. The average Bonchev–Trinajstić information content (AvgIpc) is 3.27. The van der Waals surface area contributed by atoms with Gasteiger partial charge in [-0.2, -0.15) is 0 Å². The van der Waals surface area contributed by atoms with Crippen LogP contribution in [0.25, 0.3) is 10.1 Å². The predicted molar refractivity (Wildman–Crippen MR) is 87.0 cm³/mol. The molecule has 3 aromatic rings. The molecule has 118 valence electrons. The van der Waals surface area contributed by atoms with Crippen molar-refractivity contribution in [2.75, 3.05) is 11.9 Å². The van der Waals surface area contributed by atoms with Crippen LogP contribution in [-0.4, -0.2) is 22.7 Å². The maximum atomic E-state index is 12.4. The molecule has 6 nitrogen and oxygen atoms in total. The Labute approximate surface area is 140 Å². The lowest BCUT2D eigenvalue weighted by atomic mass is 10.2. The van der Waals surface area contributed by atoms with Crippen LogP contribution in [0.15, 0.2) is 28.7 Å². The first kappa shape index (κ1) is 14.6. The molecule has 0 spiro atoms. The van der Waals surface area contributed by atoms with Gasteiger partial charge in [0.2, 0.25) is 5.89 Å². The highest BCUT2D eigenvalue weighted by Crippen LogP contribution is 2.35. The molecule has 0 aliphatic carbocycles. The largest absolute Gasteiger partial charge is 0.405 e. The van der Waals surface area contributed by atoms with Crippen molar-refractivity contribution >= 4 is 44.9 Å². The van der Waals surface area contributed by atoms with Crippen LogP contribution in [0, 0.1) is 0 Å². The zero-order valence-electron chi connectivity index (χ0n) is 11.9. The molecule has 2 aromatic heterocycles. The molecule has 1 amide bonds. The number of hydrogen-bond donors (Lipinski definition) is 1. The molecule has 23 heavy (non-hydrogen) atoms. The summed E-state index contributed by atoms with van der Waals surface area (Å²) in [5, 5.41) is 11.7. The number of carbonyl (C=O) groups excluding carboxylic acids is 1. The number of halogens is 1. The summed E-state index contributed by atoms with van der Waals surface area (Å²) in [5.74, 6) is 0.0268. The van der Waals surface area contributed by atoms with Gasteiger partial charge in [-0.15, -0.1) is 16.4 Å². The minimum Gasteiger partial charge on any atom is -0.405 e. The van der Waals surface area contributed by atoms with Crippen molar-refractivity contribution in [2.45, 2.75) is 18.9 Å². The second kappa shape index (κ2) is 5.92. The summed E-state index contributed by atoms with van der Waals surface area (Å²) in [5.41, 5.74) is 0. The van der Waals surface area contributed by atoms with Crippen molar-refractivity contribution in [3.05, 3.63) is 40.1 Å². The molecular formula is C15H12ClN3O3S. The van der Waals surface area contributed by atoms with E-state index in [9.17, 15) is 4.79 Å². The summed E-state index contributed by atoms with van der Waals surface area (Å²) in [6.45, 7) is 0.687. The summed E-state index contributed by atoms with van der Waals surface area (Å²) >= 11 is 7.61. The Hall–Kier alpha value is -1.96. The maximum absolute atomic E-state index is 12.4. The predicted octanol–water partition coefficient (Wildman–Crippen LogP) is 4.04. The van der Waals surface area contributed by atoms with Crippen molar-refractivity contribution in [1.29, 1.82) is 0 Å². The van der Waals surface area contributed by atoms with Crippen molar-refractivity contribution in [2.24, 2.45) is 0 Å². The Balaban J connectivity index is 1.56. The summed E-state index contributed by atoms with van der Waals surface area (Å²) in [6, 6.07) is 7.64. The molecule has 1 unspecified atom stereocenters. The SMILES string of the molecule is O=C(Nc1nnc(C2CCCO2)o1)c1sc2ccccc2c1Cl. The first-order chi connectivity index (χ1) is 11.2. The summed E-state index contributed by atoms with van der Waals surface area (Å²) in [4.78, 5) is 12.8. The maximum Gasteiger partial charge on any atom is 0.322 e. The molecule has 1 aromatic carbocycles. The third-order valence-electron chi connectivity index (χ3n) is 3.61. The topological polar surface area (TPSA) is 77.2 Å². The van der Waals surface area contributed by atoms with Crippen LogP contribution >= 0.6 is 22.9 Å². The first-order valence-corrected chi connectivity index (χ1v) is 8.35. The summed E-state index contributed by atoms with van der Waals surface area (Å²) in [7, 11) is 0. The fraction of sp³-hybridized carbons (Fsp3) is 0.267. The standard InChI is InChI=1S/C15H12ClN3O3S/c16-11-8-4-1-2-6-10(8)23-12(11)13(20)17-15-19-18-14(22-15)9-5-3-7-21-9/h1-2,4,6,9H,3,5,7H2,(H,17,19,20). The molecule has 0 bridgehead atoms. The minimum absolute atomic E-state index is 0.0500. The monoisotopic (exact) mass is 349 g/mol. The number of hydrogen-bond acceptors (Lipinski definition) is 6. The van der Waals surface area contributed by atoms with E-state index in [0.29, 0.717) is 22.4 Å². The average molecular weight is 350 g/mol. The van der Waals surface area contributed by atoms with Gasteiger partial charge in [0.25, 0.3) is 5.91 Å². The van der Waals surface area contributed by atoms with Crippen LogP contribution in [0.1, 0.15) is 34.5 Å². The van der Waals surface area contributed by atoms with E-state index in [1.807, 2.05) is 24.3 Å². The number of amides is 1. The Morgan fingerprint density at radius 3 is 3.00 bits per heavy atom. The smallest absolute Gasteiger partial charge is 0.322 e. The van der Waals surface area contributed by atoms with Gasteiger partial charge in [0.05, 0.1) is 5.02 Å². The number of benzene rings is 1. The third kappa shape index (κ3) is 2.71. The van der Waals surface area contributed by atoms with Crippen LogP contribution in [0.2, 0.25) is 5.02 Å². The first-order valence-electron chi connectivity index (χ1n) is 7.16. The molecule has 1 N–H and O–H groups in total. The van der Waals surface area contributed by atoms with E-state index in [1.165, 1.54) is 11.3 Å². The van der Waals surface area contributed by atoms with Crippen LogP contribution in [0.3, 0.4) is 0 Å². The molecule has 4 rings (SSSR count). The lowest BCUT2D eigenvalue weighted by Crippen LogP contribution is -2.10. The fourth-order valence-corrected chi connectivity index (χ4v) is 3.91. The van der Waals surface area contributed by atoms with Gasteiger partial charge in [0, 0.05) is 16.7 Å². The lowest BCUT2D eigenvalue weighted by molar-refractivity contribution is 0.0893.